The largest absolute Gasteiger partial charge is 0.253 e. The minimum absolute atomic E-state index is 0.327. The van der Waals surface area contributed by atoms with Crippen molar-refractivity contribution in [2.75, 3.05) is 13.1 Å². The molecule has 0 aromatic heterocycles. The summed E-state index contributed by atoms with van der Waals surface area (Å²) in [5.41, 5.74) is 0. The van der Waals surface area contributed by atoms with Crippen molar-refractivity contribution in [2.24, 2.45) is 0 Å². The van der Waals surface area contributed by atoms with Crippen LogP contribution in [0.5, 0.6) is 0 Å². The molecule has 0 radical (unpaired) electrons. The van der Waals surface area contributed by atoms with Crippen molar-refractivity contribution in [1.29, 1.82) is 0 Å². The molecular formula is C27H50N2O2S. The second-order valence-electron chi connectivity index (χ2n) is 9.20. The molecule has 0 saturated carbocycles. The van der Waals surface area contributed by atoms with Gasteiger partial charge in [0, 0.05) is 13.1 Å². The van der Waals surface area contributed by atoms with Crippen LogP contribution in [0, 0.1) is 0 Å². The third-order valence-electron chi connectivity index (χ3n) is 6.08. The van der Waals surface area contributed by atoms with Gasteiger partial charge in [-0.15, -0.1) is 4.83 Å². The Balaban J connectivity index is 2.00. The number of rotatable bonds is 22. The highest BCUT2D eigenvalue weighted by atomic mass is 32.2. The summed E-state index contributed by atoms with van der Waals surface area (Å²) in [6, 6.07) is 8.63. The fourth-order valence-corrected chi connectivity index (χ4v) is 5.29. The molecule has 1 aromatic rings. The Hall–Kier alpha value is -0.910. The van der Waals surface area contributed by atoms with Crippen molar-refractivity contribution < 1.29 is 8.42 Å². The molecule has 0 spiro atoms. The van der Waals surface area contributed by atoms with Crippen molar-refractivity contribution in [3.05, 3.63) is 30.3 Å². The van der Waals surface area contributed by atoms with Gasteiger partial charge >= 0.3 is 0 Å². The lowest BCUT2D eigenvalue weighted by Crippen LogP contribution is -2.43. The Morgan fingerprint density at radius 3 is 1.47 bits per heavy atom. The molecule has 0 unspecified atom stereocenters. The van der Waals surface area contributed by atoms with Gasteiger partial charge in [0.1, 0.15) is 0 Å². The summed E-state index contributed by atoms with van der Waals surface area (Å²) in [6.45, 7) is 5.88. The van der Waals surface area contributed by atoms with Crippen LogP contribution < -0.4 is 4.83 Å². The molecule has 0 aliphatic heterocycles. The van der Waals surface area contributed by atoms with E-state index in [2.05, 4.69) is 18.7 Å². The number of hydrogen-bond donors (Lipinski definition) is 1. The number of nitrogens with one attached hydrogen (secondary N) is 1. The molecule has 0 atom stereocenters. The second-order valence-corrected chi connectivity index (χ2v) is 10.9. The standard InChI is InChI=1S/C27H50N2O2S/c1-3-5-6-7-8-9-10-11-12-13-14-15-16-17-18-22-26-29(25-4-2)28-32(30,31)27-23-20-19-21-24-27/h19-21,23-24,28H,3-18,22,25-26H2,1-2H3. The smallest absolute Gasteiger partial charge is 0.231 e. The molecule has 0 bridgehead atoms. The van der Waals surface area contributed by atoms with Crippen LogP contribution in [0.3, 0.4) is 0 Å². The van der Waals surface area contributed by atoms with E-state index >= 15 is 0 Å². The lowest BCUT2D eigenvalue weighted by atomic mass is 10.0. The number of benzene rings is 1. The monoisotopic (exact) mass is 466 g/mol. The van der Waals surface area contributed by atoms with Gasteiger partial charge in [-0.3, -0.25) is 0 Å². The van der Waals surface area contributed by atoms with Crippen molar-refractivity contribution in [3.63, 3.8) is 0 Å². The highest BCUT2D eigenvalue weighted by molar-refractivity contribution is 7.89. The van der Waals surface area contributed by atoms with E-state index in [1.54, 1.807) is 24.3 Å². The maximum Gasteiger partial charge on any atom is 0.253 e. The molecule has 4 nitrogen and oxygen atoms in total. The van der Waals surface area contributed by atoms with Crippen LogP contribution in [0.1, 0.15) is 123 Å². The molecule has 0 heterocycles. The summed E-state index contributed by atoms with van der Waals surface area (Å²) in [4.78, 5) is 3.10. The number of nitrogens with zero attached hydrogens (tertiary/aromatic N) is 1. The Morgan fingerprint density at radius 1 is 0.594 bits per heavy atom. The van der Waals surface area contributed by atoms with E-state index in [-0.39, 0.29) is 0 Å². The van der Waals surface area contributed by atoms with Gasteiger partial charge in [0.2, 0.25) is 0 Å². The number of hydrazine groups is 1. The van der Waals surface area contributed by atoms with Crippen molar-refractivity contribution in [3.8, 4) is 0 Å². The topological polar surface area (TPSA) is 49.4 Å². The fraction of sp³-hybridized carbons (Fsp3) is 0.778. The first kappa shape index (κ1) is 29.1. The summed E-state index contributed by atoms with van der Waals surface area (Å²) >= 11 is 0. The van der Waals surface area contributed by atoms with Gasteiger partial charge in [0.05, 0.1) is 4.90 Å². The lowest BCUT2D eigenvalue weighted by molar-refractivity contribution is 0.235. The molecule has 5 heteroatoms. The summed E-state index contributed by atoms with van der Waals surface area (Å²) in [5.74, 6) is 0. The molecule has 0 fully saturated rings. The van der Waals surface area contributed by atoms with Crippen LogP contribution in [-0.2, 0) is 10.0 Å². The molecule has 186 valence electrons. The Morgan fingerprint density at radius 2 is 1.03 bits per heavy atom. The van der Waals surface area contributed by atoms with Gasteiger partial charge in [-0.05, 0) is 25.0 Å². The minimum atomic E-state index is -3.48. The van der Waals surface area contributed by atoms with E-state index < -0.39 is 10.0 Å². The maximum absolute atomic E-state index is 12.5. The zero-order valence-electron chi connectivity index (χ0n) is 21.0. The van der Waals surface area contributed by atoms with Crippen molar-refractivity contribution in [2.45, 2.75) is 128 Å². The molecule has 1 rings (SSSR count). The van der Waals surface area contributed by atoms with Gasteiger partial charge in [0.15, 0.2) is 0 Å². The Bertz CT molecular complexity index is 634. The van der Waals surface area contributed by atoms with Gasteiger partial charge in [-0.25, -0.2) is 13.4 Å². The average molecular weight is 467 g/mol. The van der Waals surface area contributed by atoms with E-state index in [4.69, 9.17) is 0 Å². The predicted octanol–water partition coefficient (Wildman–Crippen LogP) is 7.85. The maximum atomic E-state index is 12.5. The van der Waals surface area contributed by atoms with E-state index in [9.17, 15) is 8.42 Å². The molecule has 1 aromatic carbocycles. The Labute approximate surface area is 199 Å². The summed E-state index contributed by atoms with van der Waals surface area (Å²) in [6.07, 6.45) is 22.5. The van der Waals surface area contributed by atoms with Crippen LogP contribution in [0.15, 0.2) is 35.2 Å². The SMILES string of the molecule is CCCCCCCCCCCCCCCCCCN(CCC)NS(=O)(=O)c1ccccc1. The third-order valence-corrected chi connectivity index (χ3v) is 7.47. The van der Waals surface area contributed by atoms with Crippen LogP contribution in [0.25, 0.3) is 0 Å². The molecule has 0 saturated heterocycles. The minimum Gasteiger partial charge on any atom is -0.231 e. The third kappa shape index (κ3) is 15.0. The summed E-state index contributed by atoms with van der Waals surface area (Å²) in [5, 5.41) is 1.87. The van der Waals surface area contributed by atoms with E-state index in [0.717, 1.165) is 25.9 Å². The van der Waals surface area contributed by atoms with E-state index in [1.807, 2.05) is 11.1 Å². The van der Waals surface area contributed by atoms with Gasteiger partial charge in [0.25, 0.3) is 10.0 Å². The van der Waals surface area contributed by atoms with Crippen LogP contribution >= 0.6 is 0 Å². The molecular weight excluding hydrogens is 416 g/mol. The molecule has 1 N–H and O–H groups in total. The van der Waals surface area contributed by atoms with Crippen molar-refractivity contribution >= 4 is 10.0 Å². The first-order chi connectivity index (χ1) is 15.6. The first-order valence-corrected chi connectivity index (χ1v) is 14.9. The summed E-state index contributed by atoms with van der Waals surface area (Å²) < 4.78 is 25.1. The molecule has 0 amide bonds. The molecule has 32 heavy (non-hydrogen) atoms. The zero-order valence-corrected chi connectivity index (χ0v) is 21.8. The molecule has 0 aliphatic carbocycles. The molecule has 0 aliphatic rings. The predicted molar refractivity (Wildman–Crippen MR) is 138 cm³/mol. The zero-order chi connectivity index (χ0) is 23.3. The van der Waals surface area contributed by atoms with Gasteiger partial charge in [-0.2, -0.15) is 0 Å². The van der Waals surface area contributed by atoms with Crippen molar-refractivity contribution in [1.82, 2.24) is 9.84 Å². The first-order valence-electron chi connectivity index (χ1n) is 13.4. The highest BCUT2D eigenvalue weighted by Gasteiger charge is 2.17. The lowest BCUT2D eigenvalue weighted by Gasteiger charge is -2.22. The fourth-order valence-electron chi connectivity index (χ4n) is 4.15. The van der Waals surface area contributed by atoms with E-state index in [0.29, 0.717) is 4.90 Å². The summed E-state index contributed by atoms with van der Waals surface area (Å²) in [7, 11) is -3.48. The number of sulfonamides is 1. The van der Waals surface area contributed by atoms with Crippen LogP contribution in [0.2, 0.25) is 0 Å². The number of unbranched alkanes of at least 4 members (excludes halogenated alkanes) is 15. The van der Waals surface area contributed by atoms with Crippen LogP contribution in [0.4, 0.5) is 0 Å². The average Bonchev–Trinajstić information content (AvgIpc) is 2.79. The second kappa shape index (κ2) is 19.5. The van der Waals surface area contributed by atoms with E-state index in [1.165, 1.54) is 96.3 Å². The normalized spacial score (nSPS) is 12.0. The highest BCUT2D eigenvalue weighted by Crippen LogP contribution is 2.14. The van der Waals surface area contributed by atoms with Gasteiger partial charge < -0.3 is 0 Å². The van der Waals surface area contributed by atoms with Crippen LogP contribution in [-0.4, -0.2) is 26.5 Å². The number of hydrogen-bond acceptors (Lipinski definition) is 3. The quantitative estimate of drug-likeness (QED) is 0.140. The van der Waals surface area contributed by atoms with Gasteiger partial charge in [-0.1, -0.05) is 128 Å². The Kier molecular flexibility index (Phi) is 17.8.